The van der Waals surface area contributed by atoms with Gasteiger partial charge in [0.1, 0.15) is 0 Å². The first-order chi connectivity index (χ1) is 12.9. The molecule has 0 saturated carbocycles. The summed E-state index contributed by atoms with van der Waals surface area (Å²) >= 11 is 0. The van der Waals surface area contributed by atoms with Gasteiger partial charge in [-0.3, -0.25) is 14.6 Å². The summed E-state index contributed by atoms with van der Waals surface area (Å²) in [4.78, 5) is 31.3. The molecule has 2 rings (SSSR count). The third-order valence-electron chi connectivity index (χ3n) is 4.90. The first-order valence-electron chi connectivity index (χ1n) is 10.1. The number of carbonyl (C=O) groups is 2. The smallest absolute Gasteiger partial charge is 0.225 e. The highest BCUT2D eigenvalue weighted by molar-refractivity contribution is 5.85. The van der Waals surface area contributed by atoms with Crippen LogP contribution in [-0.2, 0) is 16.1 Å². The fourth-order valence-electron chi connectivity index (χ4n) is 3.25. The lowest BCUT2D eigenvalue weighted by Crippen LogP contribution is -2.41. The van der Waals surface area contributed by atoms with Crippen LogP contribution in [0.25, 0.3) is 0 Å². The molecule has 7 heteroatoms. The quantitative estimate of drug-likeness (QED) is 0.678. The number of hydrogen-bond donors (Lipinski definition) is 2. The van der Waals surface area contributed by atoms with Crippen LogP contribution in [0, 0.1) is 5.41 Å². The van der Waals surface area contributed by atoms with E-state index in [-0.39, 0.29) is 30.3 Å². The SMILES string of the molecule is CC(C)(C)C(=O)NCCCC(=O)N(Cc1ccccn1)C1CCCNCC1.Cl. The molecule has 6 nitrogen and oxygen atoms in total. The van der Waals surface area contributed by atoms with Gasteiger partial charge in [-0.25, -0.2) is 0 Å². The van der Waals surface area contributed by atoms with Crippen molar-refractivity contribution in [2.75, 3.05) is 19.6 Å². The zero-order chi connectivity index (χ0) is 19.7. The van der Waals surface area contributed by atoms with Crippen LogP contribution in [-0.4, -0.2) is 47.4 Å². The Labute approximate surface area is 175 Å². The lowest BCUT2D eigenvalue weighted by molar-refractivity contribution is -0.135. The van der Waals surface area contributed by atoms with Gasteiger partial charge in [-0.1, -0.05) is 26.8 Å². The van der Waals surface area contributed by atoms with Crippen molar-refractivity contribution in [3.8, 4) is 0 Å². The Balaban J connectivity index is 0.00000392. The van der Waals surface area contributed by atoms with E-state index in [1.165, 1.54) is 0 Å². The van der Waals surface area contributed by atoms with Crippen molar-refractivity contribution in [1.82, 2.24) is 20.5 Å². The van der Waals surface area contributed by atoms with Crippen molar-refractivity contribution in [3.05, 3.63) is 30.1 Å². The van der Waals surface area contributed by atoms with E-state index < -0.39 is 5.41 Å². The van der Waals surface area contributed by atoms with E-state index >= 15 is 0 Å². The molecule has 1 aromatic rings. The second kappa shape index (κ2) is 12.0. The minimum absolute atomic E-state index is 0. The average Bonchev–Trinajstić information content (AvgIpc) is 2.92. The Bertz CT molecular complexity index is 596. The minimum Gasteiger partial charge on any atom is -0.356 e. The van der Waals surface area contributed by atoms with E-state index in [0.717, 1.165) is 38.0 Å². The maximum absolute atomic E-state index is 13.0. The van der Waals surface area contributed by atoms with Gasteiger partial charge in [-0.15, -0.1) is 12.4 Å². The van der Waals surface area contributed by atoms with Crippen molar-refractivity contribution in [2.24, 2.45) is 5.41 Å². The van der Waals surface area contributed by atoms with Crippen LogP contribution in [0.2, 0.25) is 0 Å². The number of hydrogen-bond acceptors (Lipinski definition) is 4. The monoisotopic (exact) mass is 410 g/mol. The molecule has 0 aromatic carbocycles. The summed E-state index contributed by atoms with van der Waals surface area (Å²) in [6.45, 7) is 8.72. The summed E-state index contributed by atoms with van der Waals surface area (Å²) < 4.78 is 0. The van der Waals surface area contributed by atoms with Gasteiger partial charge in [0, 0.05) is 30.6 Å². The van der Waals surface area contributed by atoms with Crippen LogP contribution in [0.1, 0.15) is 58.6 Å². The van der Waals surface area contributed by atoms with Gasteiger partial charge in [0.05, 0.1) is 12.2 Å². The van der Waals surface area contributed by atoms with Crippen LogP contribution in [0.5, 0.6) is 0 Å². The molecule has 1 saturated heterocycles. The van der Waals surface area contributed by atoms with Crippen LogP contribution < -0.4 is 10.6 Å². The topological polar surface area (TPSA) is 74.3 Å². The predicted octanol–water partition coefficient (Wildman–Crippen LogP) is 2.92. The maximum atomic E-state index is 13.0. The number of halogens is 1. The van der Waals surface area contributed by atoms with Gasteiger partial charge in [0.25, 0.3) is 0 Å². The second-order valence-corrected chi connectivity index (χ2v) is 8.29. The summed E-state index contributed by atoms with van der Waals surface area (Å²) in [7, 11) is 0. The Hall–Kier alpha value is -1.66. The van der Waals surface area contributed by atoms with E-state index in [0.29, 0.717) is 25.9 Å². The largest absolute Gasteiger partial charge is 0.356 e. The molecular formula is C21H35ClN4O2. The second-order valence-electron chi connectivity index (χ2n) is 8.29. The molecule has 0 radical (unpaired) electrons. The van der Waals surface area contributed by atoms with E-state index in [9.17, 15) is 9.59 Å². The molecule has 1 fully saturated rings. The van der Waals surface area contributed by atoms with Crippen LogP contribution in [0.15, 0.2) is 24.4 Å². The molecular weight excluding hydrogens is 376 g/mol. The Morgan fingerprint density at radius 3 is 2.71 bits per heavy atom. The van der Waals surface area contributed by atoms with Crippen molar-refractivity contribution in [2.45, 2.75) is 65.5 Å². The zero-order valence-electron chi connectivity index (χ0n) is 17.4. The van der Waals surface area contributed by atoms with E-state index in [1.807, 2.05) is 43.9 Å². The third-order valence-corrected chi connectivity index (χ3v) is 4.90. The minimum atomic E-state index is -0.400. The molecule has 2 amide bonds. The summed E-state index contributed by atoms with van der Waals surface area (Å²) in [5.74, 6) is 0.174. The Kier molecular flexibility index (Phi) is 10.5. The van der Waals surface area contributed by atoms with Crippen molar-refractivity contribution in [3.63, 3.8) is 0 Å². The number of aromatic nitrogens is 1. The molecule has 0 aliphatic carbocycles. The average molecular weight is 411 g/mol. The normalized spacial score (nSPS) is 17.2. The molecule has 0 bridgehead atoms. The lowest BCUT2D eigenvalue weighted by atomic mass is 9.96. The first kappa shape index (κ1) is 24.4. The molecule has 2 heterocycles. The number of amides is 2. The highest BCUT2D eigenvalue weighted by Crippen LogP contribution is 2.18. The first-order valence-corrected chi connectivity index (χ1v) is 10.1. The molecule has 28 heavy (non-hydrogen) atoms. The van der Waals surface area contributed by atoms with Crippen LogP contribution in [0.3, 0.4) is 0 Å². The highest BCUT2D eigenvalue weighted by atomic mass is 35.5. The molecule has 1 aromatic heterocycles. The van der Waals surface area contributed by atoms with Gasteiger partial charge in [0.2, 0.25) is 11.8 Å². The highest BCUT2D eigenvalue weighted by Gasteiger charge is 2.25. The van der Waals surface area contributed by atoms with E-state index in [1.54, 1.807) is 6.20 Å². The van der Waals surface area contributed by atoms with E-state index in [4.69, 9.17) is 0 Å². The molecule has 1 aliphatic rings. The van der Waals surface area contributed by atoms with Crippen molar-refractivity contribution < 1.29 is 9.59 Å². The summed E-state index contributed by atoms with van der Waals surface area (Å²) in [6.07, 6.45) is 5.95. The number of carbonyl (C=O) groups excluding carboxylic acids is 2. The summed E-state index contributed by atoms with van der Waals surface area (Å²) in [6, 6.07) is 6.07. The number of nitrogens with one attached hydrogen (secondary N) is 2. The molecule has 1 atom stereocenters. The molecule has 158 valence electrons. The zero-order valence-corrected chi connectivity index (χ0v) is 18.2. The van der Waals surface area contributed by atoms with Crippen molar-refractivity contribution in [1.29, 1.82) is 0 Å². The standard InChI is InChI=1S/C21H34N4O2.ClH/c1-21(2,3)20(27)24-14-7-10-19(26)25(16-17-8-4-5-13-23-17)18-9-6-12-22-15-11-18;/h4-5,8,13,18,22H,6-7,9-12,14-16H2,1-3H3,(H,24,27);1H. The van der Waals surface area contributed by atoms with Gasteiger partial charge in [-0.05, 0) is 50.9 Å². The molecule has 1 aliphatic heterocycles. The van der Waals surface area contributed by atoms with Gasteiger partial charge >= 0.3 is 0 Å². The number of rotatable bonds is 7. The lowest BCUT2D eigenvalue weighted by Gasteiger charge is -2.31. The number of nitrogens with zero attached hydrogens (tertiary/aromatic N) is 2. The van der Waals surface area contributed by atoms with Gasteiger partial charge in [-0.2, -0.15) is 0 Å². The summed E-state index contributed by atoms with van der Waals surface area (Å²) in [5, 5.41) is 6.34. The predicted molar refractivity (Wildman–Crippen MR) is 114 cm³/mol. The van der Waals surface area contributed by atoms with Crippen molar-refractivity contribution >= 4 is 24.2 Å². The van der Waals surface area contributed by atoms with Crippen LogP contribution in [0.4, 0.5) is 0 Å². The summed E-state index contributed by atoms with van der Waals surface area (Å²) in [5.41, 5.74) is 0.520. The molecule has 1 unspecified atom stereocenters. The Morgan fingerprint density at radius 1 is 1.25 bits per heavy atom. The Morgan fingerprint density at radius 2 is 2.04 bits per heavy atom. The van der Waals surface area contributed by atoms with Gasteiger partial charge in [0.15, 0.2) is 0 Å². The van der Waals surface area contributed by atoms with Gasteiger partial charge < -0.3 is 15.5 Å². The molecule has 2 N–H and O–H groups in total. The third kappa shape index (κ3) is 8.15. The van der Waals surface area contributed by atoms with Crippen LogP contribution >= 0.6 is 12.4 Å². The van der Waals surface area contributed by atoms with E-state index in [2.05, 4.69) is 15.6 Å². The molecule has 0 spiro atoms. The fourth-order valence-corrected chi connectivity index (χ4v) is 3.25. The fraction of sp³-hybridized carbons (Fsp3) is 0.667. The maximum Gasteiger partial charge on any atom is 0.225 e. The number of pyridine rings is 1.